The van der Waals surface area contributed by atoms with Gasteiger partial charge in [-0.25, -0.2) is 9.78 Å². The number of aryl methyl sites for hydroxylation is 1. The summed E-state index contributed by atoms with van der Waals surface area (Å²) in [6.07, 6.45) is 1.28. The molecule has 0 unspecified atom stereocenters. The van der Waals surface area contributed by atoms with Gasteiger partial charge in [0, 0.05) is 11.9 Å². The molecule has 5 heteroatoms. The van der Waals surface area contributed by atoms with E-state index in [0.717, 1.165) is 11.3 Å². The second-order valence-electron chi connectivity index (χ2n) is 3.91. The van der Waals surface area contributed by atoms with Crippen molar-refractivity contribution in [3.05, 3.63) is 47.7 Å². The lowest BCUT2D eigenvalue weighted by molar-refractivity contribution is 0.0696. The summed E-state index contributed by atoms with van der Waals surface area (Å²) in [6.45, 7) is 1.96. The van der Waals surface area contributed by atoms with Crippen LogP contribution >= 0.6 is 0 Å². The normalized spacial score (nSPS) is 10.1. The van der Waals surface area contributed by atoms with Crippen molar-refractivity contribution in [1.82, 2.24) is 4.98 Å². The highest BCUT2D eigenvalue weighted by atomic mass is 16.4. The van der Waals surface area contributed by atoms with E-state index in [9.17, 15) is 4.79 Å². The maximum Gasteiger partial charge on any atom is 0.337 e. The van der Waals surface area contributed by atoms with Crippen LogP contribution in [0.25, 0.3) is 0 Å². The van der Waals surface area contributed by atoms with E-state index in [-0.39, 0.29) is 5.56 Å². The molecule has 1 aromatic carbocycles. The van der Waals surface area contributed by atoms with Crippen molar-refractivity contribution in [3.63, 3.8) is 0 Å². The summed E-state index contributed by atoms with van der Waals surface area (Å²) >= 11 is 0. The maximum atomic E-state index is 10.8. The molecule has 1 heterocycles. The fourth-order valence-electron chi connectivity index (χ4n) is 1.54. The molecule has 0 aliphatic rings. The molecule has 92 valence electrons. The fourth-order valence-corrected chi connectivity index (χ4v) is 1.54. The topological polar surface area (TPSA) is 88.2 Å². The number of nitrogens with one attached hydrogen (secondary N) is 1. The summed E-state index contributed by atoms with van der Waals surface area (Å²) in [5, 5.41) is 11.9. The van der Waals surface area contributed by atoms with Crippen LogP contribution in [0, 0.1) is 6.92 Å². The molecule has 0 aliphatic heterocycles. The van der Waals surface area contributed by atoms with E-state index in [1.807, 2.05) is 31.2 Å². The highest BCUT2D eigenvalue weighted by Gasteiger charge is 2.08. The van der Waals surface area contributed by atoms with Crippen molar-refractivity contribution in [3.8, 4) is 0 Å². The number of pyridine rings is 1. The van der Waals surface area contributed by atoms with Gasteiger partial charge in [-0.05, 0) is 24.6 Å². The molecule has 0 saturated carbocycles. The van der Waals surface area contributed by atoms with E-state index in [1.165, 1.54) is 12.3 Å². The first-order valence-electron chi connectivity index (χ1n) is 5.39. The molecule has 0 aliphatic carbocycles. The molecular formula is C13H13N3O2. The van der Waals surface area contributed by atoms with E-state index in [0.29, 0.717) is 11.5 Å². The molecule has 0 bridgehead atoms. The first-order valence-corrected chi connectivity index (χ1v) is 5.39. The molecule has 0 atom stereocenters. The van der Waals surface area contributed by atoms with Crippen LogP contribution in [0.2, 0.25) is 0 Å². The number of hydrogen-bond donors (Lipinski definition) is 3. The Morgan fingerprint density at radius 1 is 1.39 bits per heavy atom. The molecule has 2 rings (SSSR count). The quantitative estimate of drug-likeness (QED) is 0.770. The average molecular weight is 243 g/mol. The van der Waals surface area contributed by atoms with E-state index < -0.39 is 5.97 Å². The molecule has 0 amide bonds. The number of carbonyl (C=O) groups is 1. The van der Waals surface area contributed by atoms with Gasteiger partial charge in [-0.2, -0.15) is 0 Å². The number of aromatic carboxylic acids is 1. The van der Waals surface area contributed by atoms with E-state index in [4.69, 9.17) is 10.8 Å². The molecule has 0 saturated heterocycles. The third-order valence-corrected chi connectivity index (χ3v) is 2.56. The van der Waals surface area contributed by atoms with Gasteiger partial charge in [0.1, 0.15) is 0 Å². The molecule has 1 aromatic heterocycles. The lowest BCUT2D eigenvalue weighted by Crippen LogP contribution is -2.04. The molecule has 0 spiro atoms. The van der Waals surface area contributed by atoms with Crippen LogP contribution in [0.5, 0.6) is 0 Å². The summed E-state index contributed by atoms with van der Waals surface area (Å²) in [5.41, 5.74) is 8.09. The minimum Gasteiger partial charge on any atom is -0.478 e. The van der Waals surface area contributed by atoms with Gasteiger partial charge in [0.15, 0.2) is 5.82 Å². The Balaban J connectivity index is 2.30. The number of carboxylic acids is 1. The smallest absolute Gasteiger partial charge is 0.337 e. The van der Waals surface area contributed by atoms with E-state index in [2.05, 4.69) is 10.3 Å². The van der Waals surface area contributed by atoms with Crippen molar-refractivity contribution in [2.45, 2.75) is 6.92 Å². The van der Waals surface area contributed by atoms with Crippen molar-refractivity contribution in [1.29, 1.82) is 0 Å². The van der Waals surface area contributed by atoms with Gasteiger partial charge in [0.25, 0.3) is 0 Å². The number of carboxylic acid groups (broad SMARTS) is 1. The summed E-state index contributed by atoms with van der Waals surface area (Å²) in [7, 11) is 0. The summed E-state index contributed by atoms with van der Waals surface area (Å²) < 4.78 is 0. The Morgan fingerprint density at radius 3 is 2.72 bits per heavy atom. The van der Waals surface area contributed by atoms with Gasteiger partial charge >= 0.3 is 5.97 Å². The van der Waals surface area contributed by atoms with Crippen molar-refractivity contribution >= 4 is 23.2 Å². The fraction of sp³-hybridized carbons (Fsp3) is 0.0769. The standard InChI is InChI=1S/C13H13N3O2/c1-8-4-2-3-5-11(8)16-12-10(14)6-9(7-15-12)13(17)18/h2-7H,14H2,1H3,(H,15,16)(H,17,18). The molecule has 18 heavy (non-hydrogen) atoms. The highest BCUT2D eigenvalue weighted by molar-refractivity contribution is 5.89. The van der Waals surface area contributed by atoms with Gasteiger partial charge in [0.2, 0.25) is 0 Å². The zero-order valence-electron chi connectivity index (χ0n) is 9.84. The lowest BCUT2D eigenvalue weighted by atomic mass is 10.2. The van der Waals surface area contributed by atoms with Crippen LogP contribution in [0.3, 0.4) is 0 Å². The zero-order valence-corrected chi connectivity index (χ0v) is 9.84. The summed E-state index contributed by atoms with van der Waals surface area (Å²) in [5.74, 6) is -0.592. The largest absolute Gasteiger partial charge is 0.478 e. The van der Waals surface area contributed by atoms with Gasteiger partial charge in [-0.1, -0.05) is 18.2 Å². The predicted molar refractivity (Wildman–Crippen MR) is 70.1 cm³/mol. The monoisotopic (exact) mass is 243 g/mol. The Labute approximate surface area is 104 Å². The van der Waals surface area contributed by atoms with E-state index in [1.54, 1.807) is 0 Å². The number of nitrogens with two attached hydrogens (primary N) is 1. The number of hydrogen-bond acceptors (Lipinski definition) is 4. The van der Waals surface area contributed by atoms with Crippen molar-refractivity contribution in [2.24, 2.45) is 0 Å². The summed E-state index contributed by atoms with van der Waals surface area (Å²) in [6, 6.07) is 9.09. The Kier molecular flexibility index (Phi) is 3.14. The third-order valence-electron chi connectivity index (χ3n) is 2.56. The van der Waals surface area contributed by atoms with Crippen LogP contribution in [0.1, 0.15) is 15.9 Å². The molecule has 0 radical (unpaired) electrons. The third kappa shape index (κ3) is 2.40. The number of rotatable bonds is 3. The predicted octanol–water partition coefficient (Wildman–Crippen LogP) is 2.41. The van der Waals surface area contributed by atoms with Crippen LogP contribution in [-0.4, -0.2) is 16.1 Å². The molecule has 5 nitrogen and oxygen atoms in total. The first kappa shape index (κ1) is 11.9. The second kappa shape index (κ2) is 4.75. The average Bonchev–Trinajstić information content (AvgIpc) is 2.34. The molecule has 0 fully saturated rings. The number of benzene rings is 1. The van der Waals surface area contributed by atoms with Crippen LogP contribution in [0.4, 0.5) is 17.2 Å². The van der Waals surface area contributed by atoms with Crippen molar-refractivity contribution in [2.75, 3.05) is 11.1 Å². The number of aromatic nitrogens is 1. The number of anilines is 3. The Hall–Kier alpha value is -2.56. The van der Waals surface area contributed by atoms with Crippen LogP contribution in [0.15, 0.2) is 36.5 Å². The van der Waals surface area contributed by atoms with E-state index >= 15 is 0 Å². The number of nitrogen functional groups attached to an aromatic ring is 1. The van der Waals surface area contributed by atoms with Crippen molar-refractivity contribution < 1.29 is 9.90 Å². The maximum absolute atomic E-state index is 10.8. The van der Waals surface area contributed by atoms with Gasteiger partial charge in [0.05, 0.1) is 11.3 Å². The summed E-state index contributed by atoms with van der Waals surface area (Å²) in [4.78, 5) is 14.8. The highest BCUT2D eigenvalue weighted by Crippen LogP contribution is 2.23. The minimum atomic E-state index is -1.04. The first-order chi connectivity index (χ1) is 8.58. The Bertz CT molecular complexity index is 597. The minimum absolute atomic E-state index is 0.0721. The van der Waals surface area contributed by atoms with Gasteiger partial charge < -0.3 is 16.2 Å². The molecule has 2 aromatic rings. The zero-order chi connectivity index (χ0) is 13.1. The van der Waals surface area contributed by atoms with Gasteiger partial charge in [-0.3, -0.25) is 0 Å². The van der Waals surface area contributed by atoms with Crippen LogP contribution in [-0.2, 0) is 0 Å². The van der Waals surface area contributed by atoms with Crippen LogP contribution < -0.4 is 11.1 Å². The van der Waals surface area contributed by atoms with Gasteiger partial charge in [-0.15, -0.1) is 0 Å². The number of para-hydroxylation sites is 1. The molecule has 4 N–H and O–H groups in total. The SMILES string of the molecule is Cc1ccccc1Nc1ncc(C(=O)O)cc1N. The Morgan fingerprint density at radius 2 is 2.11 bits per heavy atom. The number of nitrogens with zero attached hydrogens (tertiary/aromatic N) is 1. The lowest BCUT2D eigenvalue weighted by Gasteiger charge is -2.10. The molecular weight excluding hydrogens is 230 g/mol. The second-order valence-corrected chi connectivity index (χ2v) is 3.91.